The van der Waals surface area contributed by atoms with E-state index < -0.39 is 10.0 Å². The molecule has 1 aliphatic heterocycles. The smallest absolute Gasteiger partial charge is 0.246 e. The molecule has 112 valence electrons. The molecular formula is C11H20N6O2S. The largest absolute Gasteiger partial charge is 0.306 e. The van der Waals surface area contributed by atoms with Crippen molar-refractivity contribution < 1.29 is 8.42 Å². The summed E-state index contributed by atoms with van der Waals surface area (Å²) in [7, 11) is 0.0905. The van der Waals surface area contributed by atoms with Crippen molar-refractivity contribution in [3.63, 3.8) is 0 Å². The highest BCUT2D eigenvalue weighted by molar-refractivity contribution is 7.89. The number of nitrogen functional groups attached to an aromatic ring is 1. The second-order valence-electron chi connectivity index (χ2n) is 4.94. The third-order valence-corrected chi connectivity index (χ3v) is 5.50. The maximum atomic E-state index is 12.5. The first-order valence-corrected chi connectivity index (χ1v) is 7.84. The van der Waals surface area contributed by atoms with E-state index in [1.807, 2.05) is 7.05 Å². The van der Waals surface area contributed by atoms with Crippen LogP contribution < -0.4 is 11.3 Å². The van der Waals surface area contributed by atoms with Gasteiger partial charge in [-0.15, -0.1) is 0 Å². The van der Waals surface area contributed by atoms with Gasteiger partial charge in [-0.2, -0.15) is 4.31 Å². The molecule has 0 unspecified atom stereocenters. The van der Waals surface area contributed by atoms with Crippen molar-refractivity contribution in [2.45, 2.75) is 23.8 Å². The van der Waals surface area contributed by atoms with Gasteiger partial charge in [0.2, 0.25) is 16.0 Å². The highest BCUT2D eigenvalue weighted by atomic mass is 32.2. The number of piperidine rings is 1. The van der Waals surface area contributed by atoms with Gasteiger partial charge in [0.1, 0.15) is 4.90 Å². The maximum Gasteiger partial charge on any atom is 0.246 e. The van der Waals surface area contributed by atoms with Crippen LogP contribution in [0.4, 0.5) is 5.95 Å². The SMILES string of the molecule is CN1CCC(N(C)S(=O)(=O)c2cnc(NN)nc2)CC1. The van der Waals surface area contributed by atoms with Gasteiger partial charge in [0.25, 0.3) is 0 Å². The van der Waals surface area contributed by atoms with Crippen molar-refractivity contribution in [2.24, 2.45) is 5.84 Å². The van der Waals surface area contributed by atoms with Crippen LogP contribution in [0.3, 0.4) is 0 Å². The Bertz CT molecular complexity index is 539. The van der Waals surface area contributed by atoms with Crippen LogP contribution in [0.2, 0.25) is 0 Å². The highest BCUT2D eigenvalue weighted by Gasteiger charge is 2.30. The molecule has 0 bridgehead atoms. The van der Waals surface area contributed by atoms with Gasteiger partial charge >= 0.3 is 0 Å². The first kappa shape index (κ1) is 15.1. The molecule has 1 aromatic heterocycles. The zero-order valence-corrected chi connectivity index (χ0v) is 12.5. The molecule has 20 heavy (non-hydrogen) atoms. The monoisotopic (exact) mass is 300 g/mol. The maximum absolute atomic E-state index is 12.5. The molecule has 0 aliphatic carbocycles. The van der Waals surface area contributed by atoms with Crippen LogP contribution in [0.25, 0.3) is 0 Å². The number of hydrogen-bond acceptors (Lipinski definition) is 7. The molecule has 0 spiro atoms. The van der Waals surface area contributed by atoms with Crippen LogP contribution in [0.15, 0.2) is 17.3 Å². The minimum absolute atomic E-state index is 0.0171. The van der Waals surface area contributed by atoms with Gasteiger partial charge in [0, 0.05) is 13.1 Å². The van der Waals surface area contributed by atoms with Crippen LogP contribution in [0.1, 0.15) is 12.8 Å². The predicted octanol–water partition coefficient (Wildman–Crippen LogP) is -0.523. The molecule has 1 fully saturated rings. The number of nitrogens with two attached hydrogens (primary N) is 1. The number of hydrogen-bond donors (Lipinski definition) is 2. The van der Waals surface area contributed by atoms with Crippen molar-refractivity contribution in [1.82, 2.24) is 19.2 Å². The molecule has 0 amide bonds. The molecule has 3 N–H and O–H groups in total. The third kappa shape index (κ3) is 3.06. The molecule has 0 atom stereocenters. The van der Waals surface area contributed by atoms with Gasteiger partial charge in [0.15, 0.2) is 0 Å². The lowest BCUT2D eigenvalue weighted by atomic mass is 10.1. The van der Waals surface area contributed by atoms with E-state index in [9.17, 15) is 8.42 Å². The molecule has 0 radical (unpaired) electrons. The Kier molecular flexibility index (Phi) is 4.53. The quantitative estimate of drug-likeness (QED) is 0.569. The molecule has 0 saturated carbocycles. The Morgan fingerprint density at radius 2 is 1.90 bits per heavy atom. The van der Waals surface area contributed by atoms with Crippen molar-refractivity contribution in [1.29, 1.82) is 0 Å². The fourth-order valence-electron chi connectivity index (χ4n) is 2.25. The molecule has 2 rings (SSSR count). The number of sulfonamides is 1. The number of nitrogens with zero attached hydrogens (tertiary/aromatic N) is 4. The lowest BCUT2D eigenvalue weighted by Crippen LogP contribution is -2.44. The van der Waals surface area contributed by atoms with E-state index in [0.29, 0.717) is 0 Å². The van der Waals surface area contributed by atoms with Crippen molar-refractivity contribution in [3.05, 3.63) is 12.4 Å². The molecular weight excluding hydrogens is 280 g/mol. The summed E-state index contributed by atoms with van der Waals surface area (Å²) in [5, 5.41) is 0. The van der Waals surface area contributed by atoms with Crippen LogP contribution in [0, 0.1) is 0 Å². The minimum Gasteiger partial charge on any atom is -0.306 e. The van der Waals surface area contributed by atoms with Gasteiger partial charge in [-0.3, -0.25) is 5.43 Å². The zero-order chi connectivity index (χ0) is 14.8. The molecule has 1 aromatic rings. The van der Waals surface area contributed by atoms with E-state index in [-0.39, 0.29) is 16.9 Å². The third-order valence-electron chi connectivity index (χ3n) is 3.64. The van der Waals surface area contributed by atoms with E-state index in [4.69, 9.17) is 5.84 Å². The van der Waals surface area contributed by atoms with E-state index in [2.05, 4.69) is 20.3 Å². The summed E-state index contributed by atoms with van der Waals surface area (Å²) in [5.41, 5.74) is 2.27. The van der Waals surface area contributed by atoms with Crippen molar-refractivity contribution in [3.8, 4) is 0 Å². The number of aromatic nitrogens is 2. The fourth-order valence-corrected chi connectivity index (χ4v) is 3.55. The number of hydrazine groups is 1. The second-order valence-corrected chi connectivity index (χ2v) is 6.94. The summed E-state index contributed by atoms with van der Waals surface area (Å²) in [6.07, 6.45) is 4.19. The number of nitrogens with one attached hydrogen (secondary N) is 1. The van der Waals surface area contributed by atoms with Crippen LogP contribution >= 0.6 is 0 Å². The second kappa shape index (κ2) is 6.00. The van der Waals surface area contributed by atoms with E-state index >= 15 is 0 Å². The molecule has 2 heterocycles. The zero-order valence-electron chi connectivity index (χ0n) is 11.7. The van der Waals surface area contributed by atoms with E-state index in [0.717, 1.165) is 25.9 Å². The summed E-state index contributed by atoms with van der Waals surface area (Å²) in [4.78, 5) is 9.96. The van der Waals surface area contributed by atoms with Gasteiger partial charge in [-0.25, -0.2) is 24.2 Å². The predicted molar refractivity (Wildman–Crippen MR) is 75.3 cm³/mol. The Hall–Kier alpha value is -1.29. The minimum atomic E-state index is -3.56. The highest BCUT2D eigenvalue weighted by Crippen LogP contribution is 2.21. The van der Waals surface area contributed by atoms with Crippen molar-refractivity contribution >= 4 is 16.0 Å². The number of likely N-dealkylation sites (tertiary alicyclic amines) is 1. The van der Waals surface area contributed by atoms with Gasteiger partial charge in [-0.05, 0) is 33.0 Å². The Balaban J connectivity index is 2.16. The summed E-state index contributed by atoms with van der Waals surface area (Å²) < 4.78 is 26.4. The van der Waals surface area contributed by atoms with Crippen LogP contribution in [-0.2, 0) is 10.0 Å². The summed E-state index contributed by atoms with van der Waals surface area (Å²) in [5.74, 6) is 5.35. The number of rotatable bonds is 4. The topological polar surface area (TPSA) is 104 Å². The molecule has 9 heteroatoms. The summed E-state index contributed by atoms with van der Waals surface area (Å²) in [6, 6.07) is 0.0171. The first-order valence-electron chi connectivity index (χ1n) is 6.40. The molecule has 0 aromatic carbocycles. The van der Waals surface area contributed by atoms with Crippen LogP contribution in [0.5, 0.6) is 0 Å². The lowest BCUT2D eigenvalue weighted by molar-refractivity contribution is 0.197. The van der Waals surface area contributed by atoms with Crippen LogP contribution in [-0.4, -0.2) is 60.8 Å². The first-order chi connectivity index (χ1) is 9.45. The van der Waals surface area contributed by atoms with E-state index in [1.165, 1.54) is 16.7 Å². The normalized spacial score (nSPS) is 18.4. The average Bonchev–Trinajstić information content (AvgIpc) is 2.47. The number of anilines is 1. The van der Waals surface area contributed by atoms with Crippen molar-refractivity contribution in [2.75, 3.05) is 32.6 Å². The molecule has 8 nitrogen and oxygen atoms in total. The summed E-state index contributed by atoms with van der Waals surface area (Å²) in [6.45, 7) is 1.80. The lowest BCUT2D eigenvalue weighted by Gasteiger charge is -2.34. The molecule has 1 aliphatic rings. The summed E-state index contributed by atoms with van der Waals surface area (Å²) >= 11 is 0. The Morgan fingerprint density at radius 1 is 1.35 bits per heavy atom. The van der Waals surface area contributed by atoms with Gasteiger partial charge < -0.3 is 4.90 Å². The Morgan fingerprint density at radius 3 is 2.40 bits per heavy atom. The van der Waals surface area contributed by atoms with E-state index in [1.54, 1.807) is 7.05 Å². The molecule has 1 saturated heterocycles. The average molecular weight is 300 g/mol. The van der Waals surface area contributed by atoms with Gasteiger partial charge in [-0.1, -0.05) is 0 Å². The Labute approximate surface area is 119 Å². The fraction of sp³-hybridized carbons (Fsp3) is 0.636. The standard InChI is InChI=1S/C11H20N6O2S/c1-16-5-3-9(4-6-16)17(2)20(18,19)10-7-13-11(15-12)14-8-10/h7-9H,3-6,12H2,1-2H3,(H,13,14,15). The van der Waals surface area contributed by atoms with Gasteiger partial charge in [0.05, 0.1) is 12.4 Å².